The first-order valence-corrected chi connectivity index (χ1v) is 4.97. The lowest BCUT2D eigenvalue weighted by atomic mass is 10.1. The van der Waals surface area contributed by atoms with Gasteiger partial charge in [-0.1, -0.05) is 0 Å². The molecule has 19 heavy (non-hydrogen) atoms. The molecule has 0 aromatic heterocycles. The van der Waals surface area contributed by atoms with Crippen molar-refractivity contribution in [1.29, 1.82) is 0 Å². The SMILES string of the molecule is CON(C)C(=O)C(=O)c1ccc(OC(F)(F)F)cc1. The Hall–Kier alpha value is -2.09. The molecule has 0 aliphatic heterocycles. The van der Waals surface area contributed by atoms with Crippen LogP contribution in [0.1, 0.15) is 10.4 Å². The maximum Gasteiger partial charge on any atom is 0.573 e. The molecule has 0 aliphatic rings. The molecule has 0 bridgehead atoms. The smallest absolute Gasteiger partial charge is 0.406 e. The van der Waals surface area contributed by atoms with E-state index in [1.807, 2.05) is 0 Å². The normalized spacial score (nSPS) is 11.0. The summed E-state index contributed by atoms with van der Waals surface area (Å²) in [6.45, 7) is 0. The fraction of sp³-hybridized carbons (Fsp3) is 0.273. The summed E-state index contributed by atoms with van der Waals surface area (Å²) >= 11 is 0. The summed E-state index contributed by atoms with van der Waals surface area (Å²) in [6.07, 6.45) is -4.81. The molecule has 0 saturated heterocycles. The maximum atomic E-state index is 11.9. The van der Waals surface area contributed by atoms with Crippen LogP contribution in [0.25, 0.3) is 0 Å². The summed E-state index contributed by atoms with van der Waals surface area (Å²) in [5.74, 6) is -2.31. The highest BCUT2D eigenvalue weighted by Gasteiger charge is 2.31. The number of ketones is 1. The number of rotatable bonds is 4. The van der Waals surface area contributed by atoms with Crippen LogP contribution in [-0.4, -0.2) is 37.3 Å². The number of nitrogens with zero attached hydrogens (tertiary/aromatic N) is 1. The number of amides is 1. The fourth-order valence-corrected chi connectivity index (χ4v) is 1.16. The third-order valence-electron chi connectivity index (χ3n) is 2.10. The highest BCUT2D eigenvalue weighted by Crippen LogP contribution is 2.22. The van der Waals surface area contributed by atoms with Crippen molar-refractivity contribution in [2.45, 2.75) is 6.36 Å². The summed E-state index contributed by atoms with van der Waals surface area (Å²) in [7, 11) is 2.44. The highest BCUT2D eigenvalue weighted by atomic mass is 19.4. The molecule has 8 heteroatoms. The van der Waals surface area contributed by atoms with E-state index in [1.54, 1.807) is 0 Å². The fourth-order valence-electron chi connectivity index (χ4n) is 1.16. The minimum atomic E-state index is -4.81. The Morgan fingerprint density at radius 2 is 1.68 bits per heavy atom. The standard InChI is InChI=1S/C11H10F3NO4/c1-15(18-2)10(17)9(16)7-3-5-8(6-4-7)19-11(12,13)14/h3-6H,1-2H3. The van der Waals surface area contributed by atoms with Gasteiger partial charge in [-0.25, -0.2) is 5.06 Å². The van der Waals surface area contributed by atoms with Gasteiger partial charge in [0.25, 0.3) is 5.78 Å². The van der Waals surface area contributed by atoms with Crippen molar-refractivity contribution in [2.24, 2.45) is 0 Å². The molecular weight excluding hydrogens is 267 g/mol. The second-order valence-corrected chi connectivity index (χ2v) is 3.39. The lowest BCUT2D eigenvalue weighted by molar-refractivity contribution is -0.274. The van der Waals surface area contributed by atoms with Gasteiger partial charge in [-0.15, -0.1) is 13.2 Å². The van der Waals surface area contributed by atoms with Crippen LogP contribution in [0, 0.1) is 0 Å². The van der Waals surface area contributed by atoms with E-state index >= 15 is 0 Å². The first kappa shape index (κ1) is 15.0. The van der Waals surface area contributed by atoms with Gasteiger partial charge in [-0.2, -0.15) is 0 Å². The maximum absolute atomic E-state index is 11.9. The first-order chi connectivity index (χ1) is 8.74. The number of carbonyl (C=O) groups is 2. The average molecular weight is 277 g/mol. The van der Waals surface area contributed by atoms with Gasteiger partial charge in [0.2, 0.25) is 0 Å². The van der Waals surface area contributed by atoms with Crippen molar-refractivity contribution in [3.05, 3.63) is 29.8 Å². The summed E-state index contributed by atoms with van der Waals surface area (Å²) in [5, 5.41) is 0.711. The Balaban J connectivity index is 2.82. The van der Waals surface area contributed by atoms with Crippen molar-refractivity contribution in [3.63, 3.8) is 0 Å². The number of halogens is 3. The summed E-state index contributed by atoms with van der Waals surface area (Å²) in [6, 6.07) is 4.01. The van der Waals surface area contributed by atoms with E-state index in [9.17, 15) is 22.8 Å². The lowest BCUT2D eigenvalue weighted by Gasteiger charge is -2.12. The van der Waals surface area contributed by atoms with E-state index in [4.69, 9.17) is 0 Å². The molecule has 0 saturated carbocycles. The van der Waals surface area contributed by atoms with Crippen molar-refractivity contribution in [3.8, 4) is 5.75 Å². The number of alkyl halides is 3. The largest absolute Gasteiger partial charge is 0.573 e. The van der Waals surface area contributed by atoms with Gasteiger partial charge in [0.1, 0.15) is 5.75 Å². The van der Waals surface area contributed by atoms with Gasteiger partial charge in [-0.05, 0) is 24.3 Å². The van der Waals surface area contributed by atoms with Crippen LogP contribution in [0.15, 0.2) is 24.3 Å². The van der Waals surface area contributed by atoms with Crippen LogP contribution in [0.3, 0.4) is 0 Å². The number of carbonyl (C=O) groups excluding carboxylic acids is 2. The van der Waals surface area contributed by atoms with Crippen LogP contribution < -0.4 is 4.74 Å². The Morgan fingerprint density at radius 3 is 2.11 bits per heavy atom. The van der Waals surface area contributed by atoms with Gasteiger partial charge >= 0.3 is 12.3 Å². The Bertz CT molecular complexity index is 470. The number of hydrogen-bond acceptors (Lipinski definition) is 4. The van der Waals surface area contributed by atoms with E-state index < -0.39 is 23.8 Å². The number of ether oxygens (including phenoxy) is 1. The van der Waals surface area contributed by atoms with Gasteiger partial charge in [-0.3, -0.25) is 14.4 Å². The predicted octanol–water partition coefficient (Wildman–Crippen LogP) is 1.79. The van der Waals surface area contributed by atoms with Crippen molar-refractivity contribution < 1.29 is 32.3 Å². The Kier molecular flexibility index (Phi) is 4.49. The quantitative estimate of drug-likeness (QED) is 0.478. The Morgan fingerprint density at radius 1 is 1.16 bits per heavy atom. The van der Waals surface area contributed by atoms with Gasteiger partial charge < -0.3 is 4.74 Å². The van der Waals surface area contributed by atoms with Gasteiger partial charge in [0, 0.05) is 12.6 Å². The molecule has 104 valence electrons. The van der Waals surface area contributed by atoms with Crippen LogP contribution >= 0.6 is 0 Å². The molecule has 0 radical (unpaired) electrons. The van der Waals surface area contributed by atoms with Gasteiger partial charge in [0.05, 0.1) is 7.11 Å². The molecule has 0 N–H and O–H groups in total. The van der Waals surface area contributed by atoms with E-state index in [2.05, 4.69) is 9.57 Å². The summed E-state index contributed by atoms with van der Waals surface area (Å²) in [5.41, 5.74) is -0.0663. The molecule has 0 fully saturated rings. The molecule has 1 aromatic rings. The molecule has 1 aromatic carbocycles. The minimum absolute atomic E-state index is 0.0663. The lowest BCUT2D eigenvalue weighted by Crippen LogP contribution is -2.32. The van der Waals surface area contributed by atoms with E-state index in [-0.39, 0.29) is 5.56 Å². The van der Waals surface area contributed by atoms with E-state index in [0.717, 1.165) is 24.3 Å². The van der Waals surface area contributed by atoms with Crippen LogP contribution in [0.4, 0.5) is 13.2 Å². The minimum Gasteiger partial charge on any atom is -0.406 e. The molecule has 0 spiro atoms. The molecule has 1 amide bonds. The monoisotopic (exact) mass is 277 g/mol. The number of benzene rings is 1. The second-order valence-electron chi connectivity index (χ2n) is 3.39. The molecule has 0 aliphatic carbocycles. The summed E-state index contributed by atoms with van der Waals surface area (Å²) in [4.78, 5) is 27.6. The van der Waals surface area contributed by atoms with E-state index in [0.29, 0.717) is 5.06 Å². The van der Waals surface area contributed by atoms with Crippen molar-refractivity contribution in [2.75, 3.05) is 14.2 Å². The molecular formula is C11H10F3NO4. The zero-order chi connectivity index (χ0) is 14.6. The number of likely N-dealkylation sites (N-methyl/N-ethyl adjacent to an activating group) is 1. The average Bonchev–Trinajstić information content (AvgIpc) is 2.35. The molecule has 5 nitrogen and oxygen atoms in total. The third kappa shape index (κ3) is 4.25. The topological polar surface area (TPSA) is 55.8 Å². The third-order valence-corrected chi connectivity index (χ3v) is 2.10. The van der Waals surface area contributed by atoms with Crippen LogP contribution in [-0.2, 0) is 9.63 Å². The molecule has 0 atom stereocenters. The molecule has 1 rings (SSSR count). The van der Waals surface area contributed by atoms with Crippen molar-refractivity contribution >= 4 is 11.7 Å². The van der Waals surface area contributed by atoms with E-state index in [1.165, 1.54) is 14.2 Å². The van der Waals surface area contributed by atoms with Crippen LogP contribution in [0.2, 0.25) is 0 Å². The van der Waals surface area contributed by atoms with Crippen LogP contribution in [0.5, 0.6) is 5.75 Å². The predicted molar refractivity (Wildman–Crippen MR) is 57.2 cm³/mol. The van der Waals surface area contributed by atoms with Gasteiger partial charge in [0.15, 0.2) is 0 Å². The Labute approximate surface area is 106 Å². The highest BCUT2D eigenvalue weighted by molar-refractivity contribution is 6.42. The molecule has 0 unspecified atom stereocenters. The summed E-state index contributed by atoms with van der Waals surface area (Å²) < 4.78 is 39.4. The zero-order valence-electron chi connectivity index (χ0n) is 10.0. The second kappa shape index (κ2) is 5.70. The first-order valence-electron chi connectivity index (χ1n) is 4.97. The molecule has 0 heterocycles. The number of hydrogen-bond donors (Lipinski definition) is 0. The van der Waals surface area contributed by atoms with Crippen molar-refractivity contribution in [1.82, 2.24) is 5.06 Å². The number of Topliss-reactive ketones (excluding diaryl/α,β-unsaturated/α-hetero) is 1. The zero-order valence-corrected chi connectivity index (χ0v) is 10.0. The number of hydroxylamine groups is 2.